The number of hydrogen-bond donors (Lipinski definition) is 0. The Kier molecular flexibility index (Phi) is 20.2. The molecule has 69 heavy (non-hydrogen) atoms. The standard InChI is InChI=1S/C47H79N9O13/c1-14-30-21(4)22(5)34(51-54-48)45(61-30)68-40-27(10)41(64-33-19-17-18-20-59-33)47(69-42(40)28(11)57)67-39-26(9)36(53-56-50)46(63-32(39)16-3)65-37-23(6)24(7)43(60-29(37)12)66-38-25(8)35(52-55-49)44(58-13)62-31(38)15-2/h21-27,29-47H,14-20H2,1-13H3/t21-,22+,23-,24?,25-,26-,27+,29?,30+,31?,32?,33?,34?,35?,36?,37-,38-,39-,40-,41?,42+,43+,44-,45+,46+,47-/m1/s1. The number of rotatable bonds is 18. The summed E-state index contributed by atoms with van der Waals surface area (Å²) < 4.78 is 78.4. The molecular formula is C47H79N9O13. The van der Waals surface area contributed by atoms with Crippen molar-refractivity contribution in [2.24, 2.45) is 56.8 Å². The van der Waals surface area contributed by atoms with Gasteiger partial charge in [-0.25, -0.2) is 0 Å². The SMILES string of the molecule is CCC1O[C@@H](O[C@H]2C(C)O[C@@H](O[C@H]3C(CC)O[C@@H](OC)C(N=[N+]=[N-])[C@H]3C)C(C)[C@H]2C)C(N=[N+]=[N-])[C@@H](C)[C@H]1O[C@@H]1O[C@@H](C(C)=O)[C@H](O[C@@H]2O[C@@H](CC)[C@H](C)[C@H](C)C2N=[N+]=[N-])[C@H](C)C1OC1CCCCO1. The van der Waals surface area contributed by atoms with Gasteiger partial charge in [-0.15, -0.1) is 0 Å². The molecule has 6 saturated heterocycles. The van der Waals surface area contributed by atoms with Crippen LogP contribution in [0.15, 0.2) is 15.3 Å². The van der Waals surface area contributed by atoms with Gasteiger partial charge in [0.1, 0.15) is 12.2 Å². The molecule has 0 spiro atoms. The van der Waals surface area contributed by atoms with Crippen molar-refractivity contribution in [3.8, 4) is 0 Å². The number of carbonyl (C=O) groups is 1. The second-order valence-electron chi connectivity index (χ2n) is 20.2. The van der Waals surface area contributed by atoms with E-state index in [1.54, 1.807) is 0 Å². The predicted molar refractivity (Wildman–Crippen MR) is 248 cm³/mol. The molecule has 6 aliphatic rings. The summed E-state index contributed by atoms with van der Waals surface area (Å²) in [5.74, 6) is -1.76. The van der Waals surface area contributed by atoms with Crippen molar-refractivity contribution in [3.63, 3.8) is 0 Å². The predicted octanol–water partition coefficient (Wildman–Crippen LogP) is 9.04. The lowest BCUT2D eigenvalue weighted by molar-refractivity contribution is -0.369. The van der Waals surface area contributed by atoms with E-state index in [4.69, 9.17) is 56.8 Å². The Morgan fingerprint density at radius 3 is 1.55 bits per heavy atom. The molecule has 0 aromatic carbocycles. The van der Waals surface area contributed by atoms with Crippen LogP contribution in [-0.2, 0) is 61.6 Å². The minimum atomic E-state index is -1.10. The molecule has 26 atom stereocenters. The summed E-state index contributed by atoms with van der Waals surface area (Å²) in [5.41, 5.74) is 28.9. The second kappa shape index (κ2) is 25.2. The van der Waals surface area contributed by atoms with E-state index in [0.29, 0.717) is 25.9 Å². The lowest BCUT2D eigenvalue weighted by Crippen LogP contribution is -2.63. The molecule has 0 N–H and O–H groups in total. The molecule has 390 valence electrons. The molecule has 6 aliphatic heterocycles. The first kappa shape index (κ1) is 55.4. The maximum atomic E-state index is 13.6. The maximum absolute atomic E-state index is 13.6. The molecule has 22 heteroatoms. The molecule has 0 amide bonds. The Bertz CT molecular complexity index is 1820. The van der Waals surface area contributed by atoms with Crippen molar-refractivity contribution in [3.05, 3.63) is 31.3 Å². The minimum Gasteiger partial charge on any atom is -0.355 e. The highest BCUT2D eigenvalue weighted by atomic mass is 16.8. The number of Topliss-reactive ketones (excluding diaryl/α,β-unsaturated/α-hetero) is 1. The van der Waals surface area contributed by atoms with E-state index in [2.05, 4.69) is 43.9 Å². The second-order valence-corrected chi connectivity index (χ2v) is 20.2. The van der Waals surface area contributed by atoms with Gasteiger partial charge in [-0.05, 0) is 98.6 Å². The smallest absolute Gasteiger partial charge is 0.185 e. The van der Waals surface area contributed by atoms with Gasteiger partial charge < -0.3 is 56.8 Å². The lowest BCUT2D eigenvalue weighted by Gasteiger charge is -2.52. The molecular weight excluding hydrogens is 899 g/mol. The zero-order valence-electron chi connectivity index (χ0n) is 42.8. The third kappa shape index (κ3) is 12.2. The lowest BCUT2D eigenvalue weighted by atomic mass is 9.81. The molecule has 0 aromatic rings. The molecule has 0 radical (unpaired) electrons. The highest BCUT2D eigenvalue weighted by Gasteiger charge is 2.55. The van der Waals surface area contributed by atoms with E-state index in [9.17, 15) is 21.4 Å². The minimum absolute atomic E-state index is 0.0637. The molecule has 0 bridgehead atoms. The first-order valence-corrected chi connectivity index (χ1v) is 25.4. The summed E-state index contributed by atoms with van der Waals surface area (Å²) in [6, 6.07) is -2.09. The summed E-state index contributed by atoms with van der Waals surface area (Å²) in [4.78, 5) is 23.1. The van der Waals surface area contributed by atoms with Gasteiger partial charge in [0.15, 0.2) is 43.5 Å². The number of ketones is 1. The van der Waals surface area contributed by atoms with Gasteiger partial charge in [-0.2, -0.15) is 0 Å². The van der Waals surface area contributed by atoms with Crippen molar-refractivity contribution < 1.29 is 61.6 Å². The van der Waals surface area contributed by atoms with Crippen LogP contribution in [0.1, 0.15) is 122 Å². The Morgan fingerprint density at radius 1 is 0.522 bits per heavy atom. The zero-order chi connectivity index (χ0) is 50.3. The van der Waals surface area contributed by atoms with E-state index in [1.165, 1.54) is 14.0 Å². The van der Waals surface area contributed by atoms with Gasteiger partial charge in [0.05, 0.1) is 67.0 Å². The third-order valence-corrected chi connectivity index (χ3v) is 16.0. The van der Waals surface area contributed by atoms with Crippen LogP contribution in [0.5, 0.6) is 0 Å². The maximum Gasteiger partial charge on any atom is 0.185 e. The van der Waals surface area contributed by atoms with Crippen molar-refractivity contribution in [1.29, 1.82) is 0 Å². The average molecular weight is 978 g/mol. The van der Waals surface area contributed by atoms with E-state index in [-0.39, 0.29) is 47.6 Å². The largest absolute Gasteiger partial charge is 0.355 e. The molecule has 22 nitrogen and oxygen atoms in total. The van der Waals surface area contributed by atoms with E-state index in [1.807, 2.05) is 62.3 Å². The van der Waals surface area contributed by atoms with Crippen LogP contribution < -0.4 is 0 Å². The molecule has 6 rings (SSSR count). The van der Waals surface area contributed by atoms with Gasteiger partial charge >= 0.3 is 0 Å². The molecule has 0 aromatic heterocycles. The van der Waals surface area contributed by atoms with E-state index < -0.39 is 117 Å². The molecule has 9 unspecified atom stereocenters. The fourth-order valence-electron chi connectivity index (χ4n) is 11.3. The van der Waals surface area contributed by atoms with Crippen LogP contribution >= 0.6 is 0 Å². The number of nitrogens with zero attached hydrogens (tertiary/aromatic N) is 9. The summed E-state index contributed by atoms with van der Waals surface area (Å²) in [5, 5.41) is 12.4. The Labute approximate surface area is 406 Å². The monoisotopic (exact) mass is 978 g/mol. The zero-order valence-corrected chi connectivity index (χ0v) is 42.8. The van der Waals surface area contributed by atoms with Gasteiger partial charge in [-0.1, -0.05) is 84.6 Å². The van der Waals surface area contributed by atoms with Crippen molar-refractivity contribution in [2.45, 2.75) is 239 Å². The Morgan fingerprint density at radius 2 is 1.03 bits per heavy atom. The van der Waals surface area contributed by atoms with Crippen LogP contribution in [0.25, 0.3) is 31.3 Å². The fraction of sp³-hybridized carbons (Fsp3) is 0.979. The molecule has 6 fully saturated rings. The average Bonchev–Trinajstić information content (AvgIpc) is 3.34. The van der Waals surface area contributed by atoms with Gasteiger partial charge in [0.2, 0.25) is 0 Å². The number of methoxy groups -OCH3 is 1. The molecule has 0 saturated carbocycles. The van der Waals surface area contributed by atoms with E-state index in [0.717, 1.165) is 19.3 Å². The van der Waals surface area contributed by atoms with Gasteiger partial charge in [0, 0.05) is 40.3 Å². The van der Waals surface area contributed by atoms with Crippen LogP contribution in [0.2, 0.25) is 0 Å². The number of azide groups is 3. The Balaban J connectivity index is 1.21. The Hall–Kier alpha value is -2.88. The highest BCUT2D eigenvalue weighted by Crippen LogP contribution is 2.44. The van der Waals surface area contributed by atoms with Gasteiger partial charge in [0.25, 0.3) is 0 Å². The van der Waals surface area contributed by atoms with Crippen LogP contribution in [0.4, 0.5) is 0 Å². The van der Waals surface area contributed by atoms with Crippen molar-refractivity contribution in [1.82, 2.24) is 0 Å². The van der Waals surface area contributed by atoms with Crippen LogP contribution in [-0.4, -0.2) is 136 Å². The number of ether oxygens (including phenoxy) is 12. The highest BCUT2D eigenvalue weighted by molar-refractivity contribution is 5.81. The normalized spacial score (nSPS) is 47.2. The summed E-state index contributed by atoms with van der Waals surface area (Å²) in [7, 11) is 1.53. The summed E-state index contributed by atoms with van der Waals surface area (Å²) in [6.07, 6.45) is -6.50. The quantitative estimate of drug-likeness (QED) is 0.0705. The number of hydrogen-bond acceptors (Lipinski definition) is 16. The van der Waals surface area contributed by atoms with Crippen LogP contribution in [0, 0.1) is 41.4 Å². The first-order valence-electron chi connectivity index (χ1n) is 25.4. The van der Waals surface area contributed by atoms with E-state index >= 15 is 0 Å². The molecule has 6 heterocycles. The fourth-order valence-corrected chi connectivity index (χ4v) is 11.3. The number of carbonyl (C=O) groups excluding carboxylic acids is 1. The van der Waals surface area contributed by atoms with Crippen molar-refractivity contribution in [2.75, 3.05) is 13.7 Å². The van der Waals surface area contributed by atoms with Crippen LogP contribution in [0.3, 0.4) is 0 Å². The topological polar surface area (TPSA) is 274 Å². The third-order valence-electron chi connectivity index (χ3n) is 16.0. The summed E-state index contributed by atoms with van der Waals surface area (Å²) >= 11 is 0. The van der Waals surface area contributed by atoms with Crippen molar-refractivity contribution >= 4 is 5.78 Å². The summed E-state index contributed by atoms with van der Waals surface area (Å²) in [6.45, 7) is 24.0. The first-order chi connectivity index (χ1) is 33.1. The van der Waals surface area contributed by atoms with Gasteiger partial charge in [-0.3, -0.25) is 4.79 Å². The molecule has 0 aliphatic carbocycles.